The van der Waals surface area contributed by atoms with E-state index in [4.69, 9.17) is 0 Å². The first kappa shape index (κ1) is 18.6. The number of carboxylic acid groups (broad SMARTS) is 1. The highest BCUT2D eigenvalue weighted by atomic mass is 16.6. The largest absolute Gasteiger partial charge is 0.494 e. The Morgan fingerprint density at radius 1 is 1.04 bits per heavy atom. The number of aromatic hydroxyl groups is 1. The van der Waals surface area contributed by atoms with E-state index in [9.17, 15) is 34.7 Å². The lowest BCUT2D eigenvalue weighted by Crippen LogP contribution is -2.42. The van der Waals surface area contributed by atoms with Gasteiger partial charge < -0.3 is 10.2 Å². The zero-order valence-corrected chi connectivity index (χ0v) is 14.2. The second-order valence-corrected chi connectivity index (χ2v) is 5.74. The Balaban J connectivity index is 2.39. The standard InChI is InChI=1S/C18H13N3O7/c22-15-14(17(24)25)16(23)20(12-8-4-5-9-13(12)21(27)28)18(26)19(15)10-11-6-2-1-3-7-11/h1-9,22H,10H2,(H,24,25). The van der Waals surface area contributed by atoms with Crippen LogP contribution in [0.3, 0.4) is 0 Å². The molecule has 10 heteroatoms. The van der Waals surface area contributed by atoms with E-state index in [1.807, 2.05) is 0 Å². The zero-order valence-electron chi connectivity index (χ0n) is 14.2. The van der Waals surface area contributed by atoms with Gasteiger partial charge in [-0.05, 0) is 11.6 Å². The van der Waals surface area contributed by atoms with Crippen molar-refractivity contribution in [3.05, 3.63) is 96.7 Å². The van der Waals surface area contributed by atoms with Gasteiger partial charge in [-0.3, -0.25) is 19.5 Å². The molecule has 0 bridgehead atoms. The van der Waals surface area contributed by atoms with Crippen molar-refractivity contribution in [3.63, 3.8) is 0 Å². The van der Waals surface area contributed by atoms with Crippen LogP contribution in [0.15, 0.2) is 64.2 Å². The number of rotatable bonds is 5. The molecule has 1 aromatic heterocycles. The van der Waals surface area contributed by atoms with E-state index in [0.29, 0.717) is 14.7 Å². The number of para-hydroxylation sites is 2. The number of nitro benzene ring substituents is 1. The molecule has 0 unspecified atom stereocenters. The van der Waals surface area contributed by atoms with Gasteiger partial charge in [-0.1, -0.05) is 42.5 Å². The van der Waals surface area contributed by atoms with Gasteiger partial charge in [0, 0.05) is 6.07 Å². The molecule has 0 saturated heterocycles. The summed E-state index contributed by atoms with van der Waals surface area (Å²) in [6, 6.07) is 13.3. The van der Waals surface area contributed by atoms with E-state index < -0.39 is 45.0 Å². The van der Waals surface area contributed by atoms with Crippen LogP contribution in [0.1, 0.15) is 15.9 Å². The van der Waals surface area contributed by atoms with E-state index in [1.54, 1.807) is 30.3 Å². The Hall–Kier alpha value is -4.21. The second kappa shape index (κ2) is 7.19. The third-order valence-electron chi connectivity index (χ3n) is 4.04. The molecule has 0 aliphatic rings. The molecule has 2 aromatic carbocycles. The van der Waals surface area contributed by atoms with Gasteiger partial charge >= 0.3 is 11.7 Å². The van der Waals surface area contributed by atoms with Crippen LogP contribution in [0.5, 0.6) is 5.88 Å². The number of aromatic nitrogens is 2. The van der Waals surface area contributed by atoms with Crippen molar-refractivity contribution in [1.82, 2.24) is 9.13 Å². The molecule has 0 saturated carbocycles. The van der Waals surface area contributed by atoms with Crippen LogP contribution in [-0.4, -0.2) is 30.2 Å². The van der Waals surface area contributed by atoms with E-state index in [1.165, 1.54) is 12.1 Å². The second-order valence-electron chi connectivity index (χ2n) is 5.74. The van der Waals surface area contributed by atoms with Crippen LogP contribution in [0.4, 0.5) is 5.69 Å². The summed E-state index contributed by atoms with van der Waals surface area (Å²) in [7, 11) is 0. The molecule has 28 heavy (non-hydrogen) atoms. The number of aromatic carboxylic acids is 1. The molecular formula is C18H13N3O7. The van der Waals surface area contributed by atoms with Crippen molar-refractivity contribution < 1.29 is 19.9 Å². The van der Waals surface area contributed by atoms with E-state index >= 15 is 0 Å². The SMILES string of the molecule is O=C(O)c1c(O)n(Cc2ccccc2)c(=O)n(-c2ccccc2[N+](=O)[O-])c1=O. The van der Waals surface area contributed by atoms with Crippen molar-refractivity contribution in [2.45, 2.75) is 6.54 Å². The average molecular weight is 383 g/mol. The minimum Gasteiger partial charge on any atom is -0.494 e. The maximum absolute atomic E-state index is 12.9. The van der Waals surface area contributed by atoms with Crippen LogP contribution in [0.2, 0.25) is 0 Å². The van der Waals surface area contributed by atoms with Crippen molar-refractivity contribution in [3.8, 4) is 11.6 Å². The fourth-order valence-electron chi connectivity index (χ4n) is 2.76. The molecule has 10 nitrogen and oxygen atoms in total. The predicted octanol–water partition coefficient (Wildman–Crippen LogP) is 1.36. The molecule has 142 valence electrons. The Morgan fingerprint density at radius 2 is 1.64 bits per heavy atom. The van der Waals surface area contributed by atoms with Gasteiger partial charge in [-0.25, -0.2) is 14.2 Å². The highest BCUT2D eigenvalue weighted by molar-refractivity contribution is 5.89. The molecule has 3 aromatic rings. The van der Waals surface area contributed by atoms with Crippen LogP contribution >= 0.6 is 0 Å². The number of nitrogens with zero attached hydrogens (tertiary/aromatic N) is 3. The van der Waals surface area contributed by atoms with Gasteiger partial charge in [-0.15, -0.1) is 0 Å². The van der Waals surface area contributed by atoms with Crippen molar-refractivity contribution in [1.29, 1.82) is 0 Å². The van der Waals surface area contributed by atoms with E-state index in [0.717, 1.165) is 12.1 Å². The van der Waals surface area contributed by atoms with Gasteiger partial charge in [0.25, 0.3) is 11.2 Å². The molecule has 0 radical (unpaired) electrons. The van der Waals surface area contributed by atoms with Crippen LogP contribution in [0, 0.1) is 10.1 Å². The number of carbonyl (C=O) groups is 1. The maximum atomic E-state index is 12.9. The summed E-state index contributed by atoms with van der Waals surface area (Å²) in [5.74, 6) is -2.79. The summed E-state index contributed by atoms with van der Waals surface area (Å²) >= 11 is 0. The number of carboxylic acids is 1. The Morgan fingerprint density at radius 3 is 2.25 bits per heavy atom. The van der Waals surface area contributed by atoms with Crippen molar-refractivity contribution >= 4 is 11.7 Å². The molecule has 0 amide bonds. The Bertz CT molecular complexity index is 1200. The molecule has 0 aliphatic heterocycles. The van der Waals surface area contributed by atoms with Crippen molar-refractivity contribution in [2.24, 2.45) is 0 Å². The first-order valence-electron chi connectivity index (χ1n) is 7.92. The molecule has 2 N–H and O–H groups in total. The number of benzene rings is 2. The Labute approximate surface area is 156 Å². The Kier molecular flexibility index (Phi) is 4.77. The van der Waals surface area contributed by atoms with Gasteiger partial charge in [0.2, 0.25) is 5.88 Å². The first-order chi connectivity index (χ1) is 13.3. The smallest absolute Gasteiger partial charge is 0.346 e. The van der Waals surface area contributed by atoms with E-state index in [2.05, 4.69) is 0 Å². The van der Waals surface area contributed by atoms with Gasteiger partial charge in [-0.2, -0.15) is 0 Å². The van der Waals surface area contributed by atoms with Gasteiger partial charge in [0.1, 0.15) is 5.69 Å². The molecule has 0 fully saturated rings. The maximum Gasteiger partial charge on any atom is 0.346 e. The molecule has 0 aliphatic carbocycles. The summed E-state index contributed by atoms with van der Waals surface area (Å²) in [5.41, 5.74) is -3.95. The number of hydrogen-bond acceptors (Lipinski definition) is 6. The van der Waals surface area contributed by atoms with Crippen molar-refractivity contribution in [2.75, 3.05) is 0 Å². The third kappa shape index (κ3) is 3.14. The topological polar surface area (TPSA) is 145 Å². The lowest BCUT2D eigenvalue weighted by Gasteiger charge is -2.14. The lowest BCUT2D eigenvalue weighted by molar-refractivity contribution is -0.384. The quantitative estimate of drug-likeness (QED) is 0.500. The minimum atomic E-state index is -1.77. The average Bonchev–Trinajstić information content (AvgIpc) is 2.66. The van der Waals surface area contributed by atoms with Gasteiger partial charge in [0.05, 0.1) is 11.5 Å². The molecular weight excluding hydrogens is 370 g/mol. The zero-order chi connectivity index (χ0) is 20.4. The van der Waals surface area contributed by atoms with Gasteiger partial charge in [0.15, 0.2) is 5.56 Å². The first-order valence-corrected chi connectivity index (χ1v) is 7.92. The van der Waals surface area contributed by atoms with Crippen LogP contribution in [-0.2, 0) is 6.54 Å². The monoisotopic (exact) mass is 383 g/mol. The predicted molar refractivity (Wildman–Crippen MR) is 97.1 cm³/mol. The molecule has 3 rings (SSSR count). The summed E-state index contributed by atoms with van der Waals surface area (Å²) in [6.45, 7) is -0.243. The van der Waals surface area contributed by atoms with Crippen LogP contribution in [0.25, 0.3) is 5.69 Å². The molecule has 0 spiro atoms. The van der Waals surface area contributed by atoms with E-state index in [-0.39, 0.29) is 6.54 Å². The normalized spacial score (nSPS) is 10.6. The fraction of sp³-hybridized carbons (Fsp3) is 0.0556. The fourth-order valence-corrected chi connectivity index (χ4v) is 2.76. The summed E-state index contributed by atoms with van der Waals surface area (Å²) < 4.78 is 1.06. The summed E-state index contributed by atoms with van der Waals surface area (Å²) in [5, 5.41) is 30.9. The lowest BCUT2D eigenvalue weighted by atomic mass is 10.2. The number of hydrogen-bond donors (Lipinski definition) is 2. The molecule has 0 atom stereocenters. The van der Waals surface area contributed by atoms with Crippen LogP contribution < -0.4 is 11.2 Å². The highest BCUT2D eigenvalue weighted by Crippen LogP contribution is 2.21. The minimum absolute atomic E-state index is 0.243. The summed E-state index contributed by atoms with van der Waals surface area (Å²) in [6.07, 6.45) is 0. The molecule has 1 heterocycles. The third-order valence-corrected chi connectivity index (χ3v) is 4.04. The summed E-state index contributed by atoms with van der Waals surface area (Å²) in [4.78, 5) is 47.6. The number of nitro groups is 1. The highest BCUT2D eigenvalue weighted by Gasteiger charge is 2.27.